The van der Waals surface area contributed by atoms with Crippen molar-refractivity contribution in [2.24, 2.45) is 0 Å². The fraction of sp³-hybridized carbons (Fsp3) is 0.167. The van der Waals surface area contributed by atoms with Crippen LogP contribution >= 0.6 is 11.6 Å². The van der Waals surface area contributed by atoms with Gasteiger partial charge in [-0.2, -0.15) is 0 Å². The third kappa shape index (κ3) is 2.38. The van der Waals surface area contributed by atoms with Gasteiger partial charge in [0.05, 0.1) is 10.4 Å². The van der Waals surface area contributed by atoms with Gasteiger partial charge in [-0.1, -0.05) is 30.3 Å². The molecule has 3 aromatic rings. The van der Waals surface area contributed by atoms with Crippen molar-refractivity contribution in [1.82, 2.24) is 0 Å². The van der Waals surface area contributed by atoms with Gasteiger partial charge < -0.3 is 9.15 Å². The Bertz CT molecular complexity index is 938. The van der Waals surface area contributed by atoms with Gasteiger partial charge in [-0.05, 0) is 44.2 Å². The Hall–Kier alpha value is -2.26. The Kier molecular flexibility index (Phi) is 3.45. The van der Waals surface area contributed by atoms with Gasteiger partial charge in [-0.15, -0.1) is 0 Å². The van der Waals surface area contributed by atoms with Crippen molar-refractivity contribution < 1.29 is 9.15 Å². The van der Waals surface area contributed by atoms with Gasteiger partial charge in [0, 0.05) is 0 Å². The van der Waals surface area contributed by atoms with Crippen LogP contribution in [-0.4, -0.2) is 5.60 Å². The first kappa shape index (κ1) is 14.7. The summed E-state index contributed by atoms with van der Waals surface area (Å²) in [6.45, 7) is 7.49. The van der Waals surface area contributed by atoms with Crippen molar-refractivity contribution in [2.45, 2.75) is 19.4 Å². The van der Waals surface area contributed by atoms with Gasteiger partial charge in [-0.25, -0.2) is 0 Å². The summed E-state index contributed by atoms with van der Waals surface area (Å²) in [6, 6.07) is 10.4. The molecule has 0 radical (unpaired) electrons. The Balaban J connectivity index is 2.39. The molecule has 0 unspecified atom stereocenters. The second-order valence-corrected chi connectivity index (χ2v) is 5.99. The summed E-state index contributed by atoms with van der Waals surface area (Å²) >= 11 is 6.16. The number of rotatable bonds is 3. The van der Waals surface area contributed by atoms with Gasteiger partial charge in [0.15, 0.2) is 0 Å². The highest BCUT2D eigenvalue weighted by molar-refractivity contribution is 6.35. The van der Waals surface area contributed by atoms with E-state index < -0.39 is 5.60 Å². The van der Waals surface area contributed by atoms with Crippen LogP contribution in [-0.2, 0) is 0 Å². The minimum atomic E-state index is -0.601. The van der Waals surface area contributed by atoms with Gasteiger partial charge in [0.1, 0.15) is 27.9 Å². The maximum atomic E-state index is 12.9. The molecule has 2 aromatic carbocycles. The maximum Gasteiger partial charge on any atom is 0.205 e. The van der Waals surface area contributed by atoms with Crippen LogP contribution in [0.5, 0.6) is 5.75 Å². The summed E-state index contributed by atoms with van der Waals surface area (Å²) in [6.07, 6.45) is 1.68. The van der Waals surface area contributed by atoms with Crippen molar-refractivity contribution in [1.29, 1.82) is 0 Å². The molecule has 0 saturated carbocycles. The zero-order valence-corrected chi connectivity index (χ0v) is 13.1. The molecule has 22 heavy (non-hydrogen) atoms. The first-order chi connectivity index (χ1) is 10.4. The number of hydrogen-bond acceptors (Lipinski definition) is 3. The van der Waals surface area contributed by atoms with Crippen LogP contribution in [0.15, 0.2) is 58.3 Å². The van der Waals surface area contributed by atoms with Crippen LogP contribution in [0.2, 0.25) is 5.02 Å². The molecule has 112 valence electrons. The van der Waals surface area contributed by atoms with E-state index in [1.54, 1.807) is 42.5 Å². The van der Waals surface area contributed by atoms with E-state index in [1.807, 2.05) is 13.8 Å². The molecule has 0 fully saturated rings. The van der Waals surface area contributed by atoms with E-state index in [-0.39, 0.29) is 5.43 Å². The van der Waals surface area contributed by atoms with Crippen LogP contribution in [0.1, 0.15) is 13.8 Å². The lowest BCUT2D eigenvalue weighted by Gasteiger charge is -2.23. The first-order valence-electron chi connectivity index (χ1n) is 6.89. The highest BCUT2D eigenvalue weighted by atomic mass is 35.5. The number of halogens is 1. The number of hydrogen-bond donors (Lipinski definition) is 0. The summed E-state index contributed by atoms with van der Waals surface area (Å²) in [5.41, 5.74) is 0.135. The second kappa shape index (κ2) is 5.18. The zero-order chi connectivity index (χ0) is 15.9. The summed E-state index contributed by atoms with van der Waals surface area (Å²) < 4.78 is 11.7. The molecule has 0 atom stereocenters. The minimum absolute atomic E-state index is 0.197. The molecule has 3 rings (SSSR count). The minimum Gasteiger partial charge on any atom is -0.483 e. The van der Waals surface area contributed by atoms with Crippen molar-refractivity contribution in [2.75, 3.05) is 0 Å². The van der Waals surface area contributed by atoms with Crippen LogP contribution in [0.3, 0.4) is 0 Å². The van der Waals surface area contributed by atoms with Gasteiger partial charge in [0.25, 0.3) is 0 Å². The van der Waals surface area contributed by atoms with E-state index >= 15 is 0 Å². The SMILES string of the molecule is C=CC(C)(C)Oc1cccc2oc3cccc(Cl)c3c(=O)c12. The predicted octanol–water partition coefficient (Wildman–Crippen LogP) is 4.94. The van der Waals surface area contributed by atoms with Crippen LogP contribution in [0, 0.1) is 0 Å². The third-order valence-corrected chi connectivity index (χ3v) is 3.82. The van der Waals surface area contributed by atoms with E-state index in [0.29, 0.717) is 32.7 Å². The Morgan fingerprint density at radius 1 is 1.14 bits per heavy atom. The fourth-order valence-corrected chi connectivity index (χ4v) is 2.53. The van der Waals surface area contributed by atoms with Crippen molar-refractivity contribution in [3.63, 3.8) is 0 Å². The molecule has 0 saturated heterocycles. The topological polar surface area (TPSA) is 39.4 Å². The molecule has 3 nitrogen and oxygen atoms in total. The molecule has 0 aliphatic rings. The smallest absolute Gasteiger partial charge is 0.205 e. The molecule has 0 amide bonds. The molecule has 0 aliphatic carbocycles. The molecule has 4 heteroatoms. The molecule has 0 spiro atoms. The average Bonchev–Trinajstić information content (AvgIpc) is 2.47. The largest absolute Gasteiger partial charge is 0.483 e. The van der Waals surface area contributed by atoms with E-state index in [1.165, 1.54) is 0 Å². The van der Waals surface area contributed by atoms with E-state index in [0.717, 1.165) is 0 Å². The van der Waals surface area contributed by atoms with E-state index in [9.17, 15) is 4.79 Å². The highest BCUT2D eigenvalue weighted by Crippen LogP contribution is 2.30. The lowest BCUT2D eigenvalue weighted by Crippen LogP contribution is -2.25. The summed E-state index contributed by atoms with van der Waals surface area (Å²) in [5, 5.41) is 1.12. The molecule has 1 heterocycles. The van der Waals surface area contributed by atoms with Gasteiger partial charge in [0.2, 0.25) is 5.43 Å². The van der Waals surface area contributed by atoms with Gasteiger partial charge in [-0.3, -0.25) is 4.79 Å². The molecule has 0 N–H and O–H groups in total. The number of fused-ring (bicyclic) bond motifs is 2. The fourth-order valence-electron chi connectivity index (χ4n) is 2.28. The molecule has 0 aliphatic heterocycles. The molecular formula is C18H15ClO3. The van der Waals surface area contributed by atoms with Crippen molar-refractivity contribution in [3.8, 4) is 5.75 Å². The molecular weight excluding hydrogens is 300 g/mol. The van der Waals surface area contributed by atoms with E-state index in [4.69, 9.17) is 20.8 Å². The summed E-state index contributed by atoms with van der Waals surface area (Å²) in [7, 11) is 0. The normalized spacial score (nSPS) is 11.8. The summed E-state index contributed by atoms with van der Waals surface area (Å²) in [5.74, 6) is 0.456. The zero-order valence-electron chi connectivity index (χ0n) is 12.4. The van der Waals surface area contributed by atoms with E-state index in [2.05, 4.69) is 6.58 Å². The molecule has 1 aromatic heterocycles. The predicted molar refractivity (Wildman–Crippen MR) is 89.9 cm³/mol. The Labute approximate surface area is 132 Å². The van der Waals surface area contributed by atoms with Crippen LogP contribution in [0.25, 0.3) is 21.9 Å². The summed E-state index contributed by atoms with van der Waals surface area (Å²) in [4.78, 5) is 12.9. The number of ether oxygens (including phenoxy) is 1. The lowest BCUT2D eigenvalue weighted by atomic mass is 10.1. The van der Waals surface area contributed by atoms with Gasteiger partial charge >= 0.3 is 0 Å². The highest BCUT2D eigenvalue weighted by Gasteiger charge is 2.19. The maximum absolute atomic E-state index is 12.9. The molecule has 0 bridgehead atoms. The Morgan fingerprint density at radius 2 is 1.77 bits per heavy atom. The monoisotopic (exact) mass is 314 g/mol. The first-order valence-corrected chi connectivity index (χ1v) is 7.27. The van der Waals surface area contributed by atoms with Crippen LogP contribution in [0.4, 0.5) is 0 Å². The van der Waals surface area contributed by atoms with Crippen LogP contribution < -0.4 is 10.2 Å². The quantitative estimate of drug-likeness (QED) is 0.507. The third-order valence-electron chi connectivity index (χ3n) is 3.50. The number of benzene rings is 2. The van der Waals surface area contributed by atoms with Crippen molar-refractivity contribution in [3.05, 3.63) is 64.3 Å². The standard InChI is InChI=1S/C18H15ClO3/c1-4-18(2,3)22-14-10-6-9-13-16(14)17(20)15-11(19)7-5-8-12(15)21-13/h4-10H,1H2,2-3H3. The average molecular weight is 315 g/mol. The van der Waals surface area contributed by atoms with Crippen molar-refractivity contribution >= 4 is 33.5 Å². The second-order valence-electron chi connectivity index (χ2n) is 5.58. The Morgan fingerprint density at radius 3 is 2.45 bits per heavy atom. The lowest BCUT2D eigenvalue weighted by molar-refractivity contribution is 0.165.